The zero-order valence-electron chi connectivity index (χ0n) is 17.4. The first kappa shape index (κ1) is 24.0. The van der Waals surface area contributed by atoms with Crippen LogP contribution in [0.15, 0.2) is 18.2 Å². The normalized spacial score (nSPS) is 20.5. The number of piperidine rings is 1. The molecule has 170 valence electrons. The molecule has 1 aliphatic rings. The van der Waals surface area contributed by atoms with Gasteiger partial charge in [0.25, 0.3) is 5.91 Å². The lowest BCUT2D eigenvalue weighted by molar-refractivity contribution is -0.118. The van der Waals surface area contributed by atoms with Gasteiger partial charge in [-0.2, -0.15) is 0 Å². The molecule has 0 aliphatic carbocycles. The minimum atomic E-state index is -2.37. The Morgan fingerprint density at radius 2 is 2.06 bits per heavy atom. The fourth-order valence-electron chi connectivity index (χ4n) is 4.15. The molecule has 8 nitrogen and oxygen atoms in total. The van der Waals surface area contributed by atoms with Crippen LogP contribution in [0.4, 0.5) is 0 Å². The van der Waals surface area contributed by atoms with Crippen molar-refractivity contribution in [1.29, 1.82) is 0 Å². The third-order valence-corrected chi connectivity index (χ3v) is 7.24. The Balaban J connectivity index is 1.86. The van der Waals surface area contributed by atoms with Gasteiger partial charge >= 0.3 is 0 Å². The van der Waals surface area contributed by atoms with Crippen LogP contribution in [-0.4, -0.2) is 54.6 Å². The van der Waals surface area contributed by atoms with Crippen LogP contribution in [0.2, 0.25) is 10.0 Å². The SMILES string of the molecule is CC(=O)NCCCC1(NC(=O)c2cc3c(Cl)c(Cl)ccc3n2C)CCCN(S(=O)[O-])C1. The van der Waals surface area contributed by atoms with Crippen molar-refractivity contribution in [1.82, 2.24) is 19.5 Å². The molecule has 3 rings (SSSR count). The lowest BCUT2D eigenvalue weighted by Gasteiger charge is -2.44. The van der Waals surface area contributed by atoms with Crippen LogP contribution < -0.4 is 10.6 Å². The molecule has 11 heteroatoms. The first-order valence-corrected chi connectivity index (χ1v) is 11.8. The number of nitrogens with zero attached hydrogens (tertiary/aromatic N) is 2. The van der Waals surface area contributed by atoms with Gasteiger partial charge in [-0.15, -0.1) is 0 Å². The zero-order valence-corrected chi connectivity index (χ0v) is 19.7. The summed E-state index contributed by atoms with van der Waals surface area (Å²) >= 11 is 10.1. The van der Waals surface area contributed by atoms with Crippen molar-refractivity contribution in [2.45, 2.75) is 38.1 Å². The van der Waals surface area contributed by atoms with E-state index in [-0.39, 0.29) is 18.4 Å². The van der Waals surface area contributed by atoms with Gasteiger partial charge in [0, 0.05) is 55.8 Å². The van der Waals surface area contributed by atoms with Crippen molar-refractivity contribution in [3.63, 3.8) is 0 Å². The Morgan fingerprint density at radius 1 is 1.32 bits per heavy atom. The van der Waals surface area contributed by atoms with Gasteiger partial charge in [0.15, 0.2) is 0 Å². The van der Waals surface area contributed by atoms with Crippen molar-refractivity contribution in [3.8, 4) is 0 Å². The van der Waals surface area contributed by atoms with E-state index in [2.05, 4.69) is 10.6 Å². The summed E-state index contributed by atoms with van der Waals surface area (Å²) in [4.78, 5) is 24.4. The average Bonchev–Trinajstić information content (AvgIpc) is 3.05. The van der Waals surface area contributed by atoms with Gasteiger partial charge in [-0.25, -0.2) is 4.31 Å². The van der Waals surface area contributed by atoms with Crippen molar-refractivity contribution in [2.75, 3.05) is 19.6 Å². The molecule has 2 amide bonds. The fourth-order valence-corrected chi connectivity index (χ4v) is 5.16. The summed E-state index contributed by atoms with van der Waals surface area (Å²) in [7, 11) is 1.77. The second kappa shape index (κ2) is 9.87. The highest BCUT2D eigenvalue weighted by Crippen LogP contribution is 2.33. The van der Waals surface area contributed by atoms with E-state index < -0.39 is 16.8 Å². The molecule has 2 aromatic rings. The smallest absolute Gasteiger partial charge is 0.268 e. The summed E-state index contributed by atoms with van der Waals surface area (Å²) in [5.41, 5.74) is 0.442. The maximum atomic E-state index is 13.3. The molecule has 0 saturated carbocycles. The predicted molar refractivity (Wildman–Crippen MR) is 121 cm³/mol. The van der Waals surface area contributed by atoms with Gasteiger partial charge in [0.05, 0.1) is 15.6 Å². The maximum Gasteiger partial charge on any atom is 0.268 e. The number of hydrogen-bond acceptors (Lipinski definition) is 4. The number of amides is 2. The number of halogens is 2. The largest absolute Gasteiger partial charge is 0.760 e. The first-order chi connectivity index (χ1) is 14.6. The van der Waals surface area contributed by atoms with E-state index in [1.54, 1.807) is 29.8 Å². The molecular formula is C20H25Cl2N4O4S-. The molecule has 1 aromatic heterocycles. The number of benzene rings is 1. The average molecular weight is 488 g/mol. The van der Waals surface area contributed by atoms with Crippen LogP contribution >= 0.6 is 23.2 Å². The highest BCUT2D eigenvalue weighted by atomic mass is 35.5. The predicted octanol–water partition coefficient (Wildman–Crippen LogP) is 2.76. The van der Waals surface area contributed by atoms with Gasteiger partial charge in [-0.05, 0) is 43.9 Å². The van der Waals surface area contributed by atoms with Crippen LogP contribution in [-0.2, 0) is 23.1 Å². The van der Waals surface area contributed by atoms with Crippen LogP contribution in [0.25, 0.3) is 10.9 Å². The number of nitrogens with one attached hydrogen (secondary N) is 2. The summed E-state index contributed by atoms with van der Waals surface area (Å²) in [6, 6.07) is 5.17. The first-order valence-electron chi connectivity index (χ1n) is 9.98. The Kier molecular flexibility index (Phi) is 7.64. The molecule has 1 fully saturated rings. The molecule has 2 atom stereocenters. The minimum absolute atomic E-state index is 0.130. The highest BCUT2D eigenvalue weighted by molar-refractivity contribution is 7.76. The van der Waals surface area contributed by atoms with Gasteiger partial charge in [0.1, 0.15) is 5.69 Å². The van der Waals surface area contributed by atoms with Gasteiger partial charge in [0.2, 0.25) is 5.91 Å². The van der Waals surface area contributed by atoms with Gasteiger partial charge < -0.3 is 19.8 Å². The van der Waals surface area contributed by atoms with E-state index in [0.29, 0.717) is 59.9 Å². The van der Waals surface area contributed by atoms with E-state index in [9.17, 15) is 18.4 Å². The molecule has 2 heterocycles. The number of carbonyl (C=O) groups is 2. The summed E-state index contributed by atoms with van der Waals surface area (Å²) in [6.45, 7) is 2.50. The third-order valence-electron chi connectivity index (χ3n) is 5.68. The van der Waals surface area contributed by atoms with Gasteiger partial charge in [-0.1, -0.05) is 23.2 Å². The van der Waals surface area contributed by atoms with E-state index in [4.69, 9.17) is 23.2 Å². The molecular weight excluding hydrogens is 463 g/mol. The third kappa shape index (κ3) is 5.40. The quantitative estimate of drug-likeness (QED) is 0.462. The monoisotopic (exact) mass is 487 g/mol. The number of aryl methyl sites for hydroxylation is 1. The van der Waals surface area contributed by atoms with Crippen molar-refractivity contribution < 1.29 is 18.4 Å². The summed E-state index contributed by atoms with van der Waals surface area (Å²) in [6.07, 6.45) is 2.41. The van der Waals surface area contributed by atoms with Crippen LogP contribution in [0.1, 0.15) is 43.1 Å². The highest BCUT2D eigenvalue weighted by Gasteiger charge is 2.37. The standard InChI is InChI=1S/C20H26Cl2N4O4S/c1-13(27)23-9-3-7-20(8-4-10-26(12-20)31(29)30)24-19(28)17-11-14-16(25(17)2)6-5-15(21)18(14)22/h5-6,11H,3-4,7-10,12H2,1-2H3,(H,23,27)(H,24,28)(H,29,30)/p-1. The summed E-state index contributed by atoms with van der Waals surface area (Å²) in [5.74, 6) is -0.445. The lowest BCUT2D eigenvalue weighted by atomic mass is 9.85. The number of carbonyl (C=O) groups excluding carboxylic acids is 2. The molecule has 31 heavy (non-hydrogen) atoms. The molecule has 1 aromatic carbocycles. The number of hydrogen-bond donors (Lipinski definition) is 2. The molecule has 2 N–H and O–H groups in total. The molecule has 2 unspecified atom stereocenters. The van der Waals surface area contributed by atoms with Gasteiger partial charge in [-0.3, -0.25) is 13.8 Å². The van der Waals surface area contributed by atoms with E-state index in [1.807, 2.05) is 0 Å². The van der Waals surface area contributed by atoms with Crippen molar-refractivity contribution in [2.24, 2.45) is 7.05 Å². The maximum absolute atomic E-state index is 13.3. The van der Waals surface area contributed by atoms with Crippen LogP contribution in [0.5, 0.6) is 0 Å². The number of aromatic nitrogens is 1. The lowest BCUT2D eigenvalue weighted by Crippen LogP contribution is -2.59. The van der Waals surface area contributed by atoms with Crippen LogP contribution in [0, 0.1) is 0 Å². The Bertz CT molecular complexity index is 1030. The second-order valence-corrected chi connectivity index (χ2v) is 9.62. The Morgan fingerprint density at radius 3 is 2.74 bits per heavy atom. The van der Waals surface area contributed by atoms with E-state index in [0.717, 1.165) is 5.52 Å². The topological polar surface area (TPSA) is 106 Å². The zero-order chi connectivity index (χ0) is 22.8. The Labute approximate surface area is 193 Å². The molecule has 1 saturated heterocycles. The Hall–Kier alpha value is -1.65. The summed E-state index contributed by atoms with van der Waals surface area (Å²) < 4.78 is 26.2. The molecule has 0 bridgehead atoms. The van der Waals surface area contributed by atoms with Crippen molar-refractivity contribution >= 4 is 57.2 Å². The molecule has 0 radical (unpaired) electrons. The van der Waals surface area contributed by atoms with E-state index in [1.165, 1.54) is 11.2 Å². The molecule has 1 aliphatic heterocycles. The van der Waals surface area contributed by atoms with Crippen LogP contribution in [0.3, 0.4) is 0 Å². The van der Waals surface area contributed by atoms with E-state index >= 15 is 0 Å². The van der Waals surface area contributed by atoms with Crippen molar-refractivity contribution in [3.05, 3.63) is 33.9 Å². The second-order valence-electron chi connectivity index (χ2n) is 7.89. The number of rotatable bonds is 7. The summed E-state index contributed by atoms with van der Waals surface area (Å²) in [5, 5.41) is 7.29. The minimum Gasteiger partial charge on any atom is -0.760 e. The fraction of sp³-hybridized carbons (Fsp3) is 0.500. The number of fused-ring (bicyclic) bond motifs is 1. The molecule has 0 spiro atoms.